The van der Waals surface area contributed by atoms with Gasteiger partial charge in [0.25, 0.3) is 0 Å². The van der Waals surface area contributed by atoms with Crippen molar-refractivity contribution in [2.24, 2.45) is 11.8 Å². The molecule has 1 aromatic carbocycles. The van der Waals surface area contributed by atoms with Gasteiger partial charge in [0, 0.05) is 37.1 Å². The maximum absolute atomic E-state index is 13.2. The Morgan fingerprint density at radius 3 is 2.78 bits per heavy atom. The molecule has 1 aromatic rings. The number of aliphatic hydroxyl groups is 1. The molecule has 5 heteroatoms. The summed E-state index contributed by atoms with van der Waals surface area (Å²) in [5.41, 5.74) is 0.297. The lowest BCUT2D eigenvalue weighted by Gasteiger charge is -2.38. The average Bonchev–Trinajstić information content (AvgIpc) is 2.54. The quantitative estimate of drug-likeness (QED) is 0.848. The van der Waals surface area contributed by atoms with Crippen LogP contribution in [-0.4, -0.2) is 40.9 Å². The molecular weight excluding hydrogens is 297 g/mol. The van der Waals surface area contributed by atoms with Crippen molar-refractivity contribution in [3.05, 3.63) is 35.6 Å². The first-order chi connectivity index (χ1) is 10.9. The smallest absolute Gasteiger partial charge is 0.223 e. The first kappa shape index (κ1) is 17.6. The van der Waals surface area contributed by atoms with E-state index in [1.807, 2.05) is 6.92 Å². The number of aliphatic hydroxyl groups excluding tert-OH is 1. The highest BCUT2D eigenvalue weighted by atomic mass is 19.1. The maximum atomic E-state index is 13.2. The summed E-state index contributed by atoms with van der Waals surface area (Å²) in [5, 5.41) is 9.29. The summed E-state index contributed by atoms with van der Waals surface area (Å²) >= 11 is 0. The summed E-state index contributed by atoms with van der Waals surface area (Å²) in [6, 6.07) is 5.68. The SMILES string of the molecule is CC(CC(=O)N1CC(CO)CCC1C)C(=O)c1cccc(F)c1. The molecule has 23 heavy (non-hydrogen) atoms. The van der Waals surface area contributed by atoms with Crippen LogP contribution in [0.5, 0.6) is 0 Å². The summed E-state index contributed by atoms with van der Waals surface area (Å²) < 4.78 is 13.2. The molecule has 0 aliphatic carbocycles. The van der Waals surface area contributed by atoms with Crippen molar-refractivity contribution in [2.75, 3.05) is 13.2 Å². The van der Waals surface area contributed by atoms with E-state index < -0.39 is 11.7 Å². The minimum Gasteiger partial charge on any atom is -0.396 e. The third kappa shape index (κ3) is 4.38. The summed E-state index contributed by atoms with van der Waals surface area (Å²) in [7, 11) is 0. The number of carbonyl (C=O) groups excluding carboxylic acids is 2. The van der Waals surface area contributed by atoms with Crippen LogP contribution >= 0.6 is 0 Å². The van der Waals surface area contributed by atoms with E-state index in [1.54, 1.807) is 17.9 Å². The molecule has 1 saturated heterocycles. The van der Waals surface area contributed by atoms with Crippen LogP contribution in [0.25, 0.3) is 0 Å². The van der Waals surface area contributed by atoms with Crippen LogP contribution in [0.15, 0.2) is 24.3 Å². The van der Waals surface area contributed by atoms with Crippen LogP contribution in [0.4, 0.5) is 4.39 Å². The Kier molecular flexibility index (Phi) is 5.88. The molecule has 1 aliphatic rings. The molecular formula is C18H24FNO3. The van der Waals surface area contributed by atoms with Gasteiger partial charge in [-0.15, -0.1) is 0 Å². The zero-order valence-electron chi connectivity index (χ0n) is 13.7. The van der Waals surface area contributed by atoms with Crippen LogP contribution < -0.4 is 0 Å². The summed E-state index contributed by atoms with van der Waals surface area (Å²) in [4.78, 5) is 26.6. The first-order valence-electron chi connectivity index (χ1n) is 8.12. The lowest BCUT2D eigenvalue weighted by atomic mass is 9.91. The van der Waals surface area contributed by atoms with Crippen molar-refractivity contribution >= 4 is 11.7 Å². The summed E-state index contributed by atoms with van der Waals surface area (Å²) in [5.74, 6) is -1.13. The molecule has 4 nitrogen and oxygen atoms in total. The van der Waals surface area contributed by atoms with E-state index in [4.69, 9.17) is 0 Å². The third-order valence-electron chi connectivity index (χ3n) is 4.60. The topological polar surface area (TPSA) is 57.6 Å². The molecule has 1 aliphatic heterocycles. The lowest BCUT2D eigenvalue weighted by Crippen LogP contribution is -2.47. The fourth-order valence-electron chi connectivity index (χ4n) is 3.08. The van der Waals surface area contributed by atoms with Gasteiger partial charge in [-0.3, -0.25) is 9.59 Å². The molecule has 1 fully saturated rings. The highest BCUT2D eigenvalue weighted by molar-refractivity contribution is 5.99. The zero-order chi connectivity index (χ0) is 17.0. The van der Waals surface area contributed by atoms with Crippen LogP contribution in [0.2, 0.25) is 0 Å². The van der Waals surface area contributed by atoms with E-state index in [-0.39, 0.29) is 36.7 Å². The van der Waals surface area contributed by atoms with Gasteiger partial charge in [0.2, 0.25) is 5.91 Å². The second kappa shape index (κ2) is 7.68. The summed E-state index contributed by atoms with van der Waals surface area (Å²) in [6.45, 7) is 4.31. The van der Waals surface area contributed by atoms with Gasteiger partial charge < -0.3 is 10.0 Å². The molecule has 0 aromatic heterocycles. The zero-order valence-corrected chi connectivity index (χ0v) is 13.7. The largest absolute Gasteiger partial charge is 0.396 e. The fraction of sp³-hybridized carbons (Fsp3) is 0.556. The predicted molar refractivity (Wildman–Crippen MR) is 85.5 cm³/mol. The molecule has 3 unspecified atom stereocenters. The van der Waals surface area contributed by atoms with Crippen LogP contribution in [0.1, 0.15) is 43.5 Å². The number of benzene rings is 1. The molecule has 3 atom stereocenters. The predicted octanol–water partition coefficient (Wildman–Crippen LogP) is 2.65. The second-order valence-electron chi connectivity index (χ2n) is 6.50. The Labute approximate surface area is 136 Å². The van der Waals surface area contributed by atoms with Gasteiger partial charge in [-0.2, -0.15) is 0 Å². The van der Waals surface area contributed by atoms with Crippen molar-refractivity contribution < 1.29 is 19.1 Å². The number of carbonyl (C=O) groups is 2. The minimum absolute atomic E-state index is 0.0760. The third-order valence-corrected chi connectivity index (χ3v) is 4.60. The van der Waals surface area contributed by atoms with E-state index in [2.05, 4.69) is 0 Å². The number of halogens is 1. The molecule has 0 spiro atoms. The van der Waals surface area contributed by atoms with Crippen LogP contribution in [0, 0.1) is 17.7 Å². The number of likely N-dealkylation sites (tertiary alicyclic amines) is 1. The normalized spacial score (nSPS) is 22.7. The van der Waals surface area contributed by atoms with E-state index in [0.717, 1.165) is 12.8 Å². The number of hydrogen-bond donors (Lipinski definition) is 1. The Morgan fingerprint density at radius 2 is 2.13 bits per heavy atom. The highest BCUT2D eigenvalue weighted by Crippen LogP contribution is 2.24. The molecule has 126 valence electrons. The Hall–Kier alpha value is -1.75. The van der Waals surface area contributed by atoms with Gasteiger partial charge >= 0.3 is 0 Å². The van der Waals surface area contributed by atoms with Crippen molar-refractivity contribution in [2.45, 2.75) is 39.2 Å². The Bertz CT molecular complexity index is 575. The van der Waals surface area contributed by atoms with E-state index in [1.165, 1.54) is 18.2 Å². The van der Waals surface area contributed by atoms with Crippen LogP contribution in [0.3, 0.4) is 0 Å². The van der Waals surface area contributed by atoms with E-state index in [0.29, 0.717) is 12.1 Å². The van der Waals surface area contributed by atoms with Gasteiger partial charge in [-0.1, -0.05) is 19.1 Å². The molecule has 1 heterocycles. The lowest BCUT2D eigenvalue weighted by molar-refractivity contribution is -0.136. The Morgan fingerprint density at radius 1 is 1.39 bits per heavy atom. The number of hydrogen-bond acceptors (Lipinski definition) is 3. The Balaban J connectivity index is 1.99. The highest BCUT2D eigenvalue weighted by Gasteiger charge is 2.30. The van der Waals surface area contributed by atoms with Gasteiger partial charge in [0.05, 0.1) is 0 Å². The number of Topliss-reactive ketones (excluding diaryl/α,β-unsaturated/α-hetero) is 1. The molecule has 1 N–H and O–H groups in total. The number of piperidine rings is 1. The second-order valence-corrected chi connectivity index (χ2v) is 6.50. The standard InChI is InChI=1S/C18H24FNO3/c1-12(18(23)15-4-3-5-16(19)9-15)8-17(22)20-10-14(11-21)7-6-13(20)2/h3-5,9,12-14,21H,6-8,10-11H2,1-2H3. The monoisotopic (exact) mass is 321 g/mol. The van der Waals surface area contributed by atoms with Crippen molar-refractivity contribution in [3.63, 3.8) is 0 Å². The molecule has 0 saturated carbocycles. The minimum atomic E-state index is -0.494. The van der Waals surface area contributed by atoms with Crippen molar-refractivity contribution in [1.29, 1.82) is 0 Å². The molecule has 1 amide bonds. The maximum Gasteiger partial charge on any atom is 0.223 e. The summed E-state index contributed by atoms with van der Waals surface area (Å²) in [6.07, 6.45) is 1.89. The number of nitrogens with zero attached hydrogens (tertiary/aromatic N) is 1. The van der Waals surface area contributed by atoms with Gasteiger partial charge in [-0.25, -0.2) is 4.39 Å². The van der Waals surface area contributed by atoms with Gasteiger partial charge in [0.1, 0.15) is 5.82 Å². The van der Waals surface area contributed by atoms with Gasteiger partial charge in [-0.05, 0) is 37.8 Å². The van der Waals surface area contributed by atoms with Crippen molar-refractivity contribution in [1.82, 2.24) is 4.90 Å². The first-order valence-corrected chi connectivity index (χ1v) is 8.12. The molecule has 0 bridgehead atoms. The van der Waals surface area contributed by atoms with Crippen molar-refractivity contribution in [3.8, 4) is 0 Å². The number of amides is 1. The average molecular weight is 321 g/mol. The van der Waals surface area contributed by atoms with E-state index >= 15 is 0 Å². The van der Waals surface area contributed by atoms with E-state index in [9.17, 15) is 19.1 Å². The fourth-order valence-corrected chi connectivity index (χ4v) is 3.08. The molecule has 0 radical (unpaired) electrons. The van der Waals surface area contributed by atoms with Gasteiger partial charge in [0.15, 0.2) is 5.78 Å². The van der Waals surface area contributed by atoms with Crippen LogP contribution in [-0.2, 0) is 4.79 Å². The number of rotatable bonds is 5. The number of ketones is 1. The molecule has 2 rings (SSSR count).